The van der Waals surface area contributed by atoms with Crippen LogP contribution in [0, 0.1) is 0 Å². The standard InChI is InChI=1S/C19H20O6/c1-22-14-7-5-12(6-8-14)15(20)11-16(21)13-9-17(23-2)19(25-4)18(10-13)24-3/h5-11,21H,1-4H3/b16-11-. The highest BCUT2D eigenvalue weighted by Gasteiger charge is 2.15. The van der Waals surface area contributed by atoms with Crippen molar-refractivity contribution in [3.8, 4) is 23.0 Å². The molecule has 6 nitrogen and oxygen atoms in total. The molecule has 0 saturated heterocycles. The van der Waals surface area contributed by atoms with Gasteiger partial charge >= 0.3 is 0 Å². The van der Waals surface area contributed by atoms with E-state index in [1.54, 1.807) is 43.5 Å². The summed E-state index contributed by atoms with van der Waals surface area (Å²) in [4.78, 5) is 12.3. The summed E-state index contributed by atoms with van der Waals surface area (Å²) < 4.78 is 20.8. The lowest BCUT2D eigenvalue weighted by Crippen LogP contribution is -1.99. The van der Waals surface area contributed by atoms with Crippen LogP contribution in [0.3, 0.4) is 0 Å². The minimum Gasteiger partial charge on any atom is -0.507 e. The minimum atomic E-state index is -0.339. The van der Waals surface area contributed by atoms with Gasteiger partial charge in [0.2, 0.25) is 5.75 Å². The molecule has 0 aromatic heterocycles. The Bertz CT molecular complexity index is 752. The van der Waals surface area contributed by atoms with Gasteiger partial charge in [0.25, 0.3) is 0 Å². The fraction of sp³-hybridized carbons (Fsp3) is 0.211. The number of hydrogen-bond donors (Lipinski definition) is 1. The van der Waals surface area contributed by atoms with Crippen molar-refractivity contribution in [3.05, 3.63) is 53.6 Å². The third kappa shape index (κ3) is 4.03. The van der Waals surface area contributed by atoms with E-state index in [2.05, 4.69) is 0 Å². The molecule has 0 radical (unpaired) electrons. The van der Waals surface area contributed by atoms with Crippen LogP contribution in [-0.4, -0.2) is 39.3 Å². The number of benzene rings is 2. The smallest absolute Gasteiger partial charge is 0.203 e. The van der Waals surface area contributed by atoms with Crippen LogP contribution < -0.4 is 18.9 Å². The lowest BCUT2D eigenvalue weighted by atomic mass is 10.1. The first-order valence-corrected chi connectivity index (χ1v) is 7.43. The van der Waals surface area contributed by atoms with Gasteiger partial charge in [0.1, 0.15) is 11.5 Å². The Kier molecular flexibility index (Phi) is 5.89. The van der Waals surface area contributed by atoms with Crippen LogP contribution in [-0.2, 0) is 0 Å². The fourth-order valence-corrected chi connectivity index (χ4v) is 2.28. The molecule has 0 saturated carbocycles. The molecule has 0 heterocycles. The van der Waals surface area contributed by atoms with Gasteiger partial charge in [-0.3, -0.25) is 4.79 Å². The van der Waals surface area contributed by atoms with Gasteiger partial charge in [-0.1, -0.05) is 0 Å². The summed E-state index contributed by atoms with van der Waals surface area (Å²) >= 11 is 0. The van der Waals surface area contributed by atoms with E-state index in [0.29, 0.717) is 34.1 Å². The molecule has 2 aromatic rings. The van der Waals surface area contributed by atoms with Crippen LogP contribution in [0.25, 0.3) is 5.76 Å². The molecule has 0 bridgehead atoms. The first-order valence-electron chi connectivity index (χ1n) is 7.43. The monoisotopic (exact) mass is 344 g/mol. The summed E-state index contributed by atoms with van der Waals surface area (Å²) in [6, 6.07) is 9.73. The third-order valence-corrected chi connectivity index (χ3v) is 3.60. The number of carbonyl (C=O) groups excluding carboxylic acids is 1. The van der Waals surface area contributed by atoms with Crippen LogP contribution in [0.2, 0.25) is 0 Å². The second-order valence-electron chi connectivity index (χ2n) is 5.04. The number of rotatable bonds is 7. The van der Waals surface area contributed by atoms with E-state index >= 15 is 0 Å². The number of aliphatic hydroxyl groups excluding tert-OH is 1. The van der Waals surface area contributed by atoms with Gasteiger partial charge < -0.3 is 24.1 Å². The molecule has 132 valence electrons. The molecular formula is C19H20O6. The number of carbonyl (C=O) groups is 1. The lowest BCUT2D eigenvalue weighted by molar-refractivity contribution is 0.104. The Hall–Kier alpha value is -3.15. The average molecular weight is 344 g/mol. The zero-order valence-electron chi connectivity index (χ0n) is 14.5. The fourth-order valence-electron chi connectivity index (χ4n) is 2.28. The number of aliphatic hydroxyl groups is 1. The molecular weight excluding hydrogens is 324 g/mol. The first kappa shape index (κ1) is 18.2. The van der Waals surface area contributed by atoms with Gasteiger partial charge in [-0.05, 0) is 36.4 Å². The van der Waals surface area contributed by atoms with Crippen LogP contribution in [0.15, 0.2) is 42.5 Å². The van der Waals surface area contributed by atoms with E-state index in [1.807, 2.05) is 0 Å². The van der Waals surface area contributed by atoms with Crippen molar-refractivity contribution in [1.82, 2.24) is 0 Å². The van der Waals surface area contributed by atoms with E-state index < -0.39 is 0 Å². The normalized spacial score (nSPS) is 11.0. The Morgan fingerprint density at radius 2 is 1.40 bits per heavy atom. The van der Waals surface area contributed by atoms with Crippen molar-refractivity contribution < 1.29 is 28.8 Å². The van der Waals surface area contributed by atoms with Crippen LogP contribution in [0.4, 0.5) is 0 Å². The first-order chi connectivity index (χ1) is 12.0. The van der Waals surface area contributed by atoms with Crippen LogP contribution in [0.1, 0.15) is 15.9 Å². The van der Waals surface area contributed by atoms with Gasteiger partial charge in [-0.25, -0.2) is 0 Å². The Balaban J connectivity index is 2.36. The van der Waals surface area contributed by atoms with Crippen molar-refractivity contribution >= 4 is 11.5 Å². The molecule has 0 spiro atoms. The van der Waals surface area contributed by atoms with Crippen molar-refractivity contribution in [3.63, 3.8) is 0 Å². The van der Waals surface area contributed by atoms with Crippen molar-refractivity contribution in [1.29, 1.82) is 0 Å². The number of ether oxygens (including phenoxy) is 4. The largest absolute Gasteiger partial charge is 0.507 e. The highest BCUT2D eigenvalue weighted by molar-refractivity contribution is 6.07. The quantitative estimate of drug-likeness (QED) is 0.471. The van der Waals surface area contributed by atoms with Gasteiger partial charge in [-0.2, -0.15) is 0 Å². The lowest BCUT2D eigenvalue weighted by Gasteiger charge is -2.13. The Morgan fingerprint density at radius 1 is 0.840 bits per heavy atom. The molecule has 1 N–H and O–H groups in total. The summed E-state index contributed by atoms with van der Waals surface area (Å²) in [5, 5.41) is 10.3. The molecule has 0 amide bonds. The molecule has 0 fully saturated rings. The molecule has 0 aliphatic carbocycles. The molecule has 0 unspecified atom stereocenters. The molecule has 0 aliphatic heterocycles. The summed E-state index contributed by atoms with van der Waals surface area (Å²) in [6.45, 7) is 0. The Morgan fingerprint density at radius 3 is 1.84 bits per heavy atom. The van der Waals surface area contributed by atoms with Gasteiger partial charge in [0, 0.05) is 17.2 Å². The molecule has 0 aliphatic rings. The van der Waals surface area contributed by atoms with E-state index in [1.165, 1.54) is 21.3 Å². The zero-order chi connectivity index (χ0) is 18.4. The summed E-state index contributed by atoms with van der Waals surface area (Å²) in [5.41, 5.74) is 0.802. The third-order valence-electron chi connectivity index (χ3n) is 3.60. The van der Waals surface area contributed by atoms with E-state index in [4.69, 9.17) is 18.9 Å². The maximum atomic E-state index is 12.3. The summed E-state index contributed by atoms with van der Waals surface area (Å²) in [5.74, 6) is 1.27. The number of hydrogen-bond acceptors (Lipinski definition) is 6. The maximum Gasteiger partial charge on any atom is 0.203 e. The SMILES string of the molecule is COc1ccc(C(=O)/C=C(\O)c2cc(OC)c(OC)c(OC)c2)cc1. The zero-order valence-corrected chi connectivity index (χ0v) is 14.5. The van der Waals surface area contributed by atoms with E-state index in [-0.39, 0.29) is 11.5 Å². The molecule has 2 aromatic carbocycles. The van der Waals surface area contributed by atoms with Gasteiger partial charge in [0.15, 0.2) is 17.3 Å². The maximum absolute atomic E-state index is 12.3. The van der Waals surface area contributed by atoms with Gasteiger partial charge in [-0.15, -0.1) is 0 Å². The molecule has 2 rings (SSSR count). The second kappa shape index (κ2) is 8.10. The highest BCUT2D eigenvalue weighted by atomic mass is 16.5. The van der Waals surface area contributed by atoms with Crippen LogP contribution in [0.5, 0.6) is 23.0 Å². The van der Waals surface area contributed by atoms with E-state index in [0.717, 1.165) is 6.08 Å². The van der Waals surface area contributed by atoms with Crippen LogP contribution >= 0.6 is 0 Å². The van der Waals surface area contributed by atoms with Crippen molar-refractivity contribution in [2.24, 2.45) is 0 Å². The number of methoxy groups -OCH3 is 4. The predicted octanol–water partition coefficient (Wildman–Crippen LogP) is 3.50. The topological polar surface area (TPSA) is 74.2 Å². The minimum absolute atomic E-state index is 0.208. The summed E-state index contributed by atoms with van der Waals surface area (Å²) in [6.07, 6.45) is 1.14. The van der Waals surface area contributed by atoms with Gasteiger partial charge in [0.05, 0.1) is 28.4 Å². The predicted molar refractivity (Wildman–Crippen MR) is 94.0 cm³/mol. The number of allylic oxidation sites excluding steroid dienone is 1. The molecule has 25 heavy (non-hydrogen) atoms. The molecule has 6 heteroatoms. The second-order valence-corrected chi connectivity index (χ2v) is 5.04. The molecule has 0 atom stereocenters. The van der Waals surface area contributed by atoms with Crippen molar-refractivity contribution in [2.75, 3.05) is 28.4 Å². The van der Waals surface area contributed by atoms with E-state index in [9.17, 15) is 9.90 Å². The highest BCUT2D eigenvalue weighted by Crippen LogP contribution is 2.39. The number of ketones is 1. The summed E-state index contributed by atoms with van der Waals surface area (Å²) in [7, 11) is 5.99. The average Bonchev–Trinajstić information content (AvgIpc) is 2.66. The Labute approximate surface area is 146 Å². The van der Waals surface area contributed by atoms with Crippen molar-refractivity contribution in [2.45, 2.75) is 0 Å².